The van der Waals surface area contributed by atoms with Crippen molar-refractivity contribution in [1.29, 1.82) is 0 Å². The highest BCUT2D eigenvalue weighted by atomic mass is 32.2. The number of amides is 1. The smallest absolute Gasteiger partial charge is 0.237 e. The Morgan fingerprint density at radius 2 is 1.83 bits per heavy atom. The fraction of sp³-hybridized carbons (Fsp3) is 0.158. The van der Waals surface area contributed by atoms with E-state index in [0.29, 0.717) is 0 Å². The van der Waals surface area contributed by atoms with Crippen LogP contribution in [0.25, 0.3) is 11.3 Å². The molecule has 0 aliphatic rings. The minimum Gasteiger partial charge on any atom is -0.325 e. The highest BCUT2D eigenvalue weighted by Gasteiger charge is 2.14. The SMILES string of the molecule is Cc1nc(-c2ccc(NC(=O)[C@H](C)Sc3ccccc3)cc2)cs1. The van der Waals surface area contributed by atoms with Crippen molar-refractivity contribution >= 4 is 34.7 Å². The Hall–Kier alpha value is -2.11. The second-order valence-electron chi connectivity index (χ2n) is 5.39. The molecule has 5 heteroatoms. The number of thioether (sulfide) groups is 1. The number of hydrogen-bond acceptors (Lipinski definition) is 4. The largest absolute Gasteiger partial charge is 0.325 e. The Labute approximate surface area is 150 Å². The number of benzene rings is 2. The minimum atomic E-state index is -0.159. The average Bonchev–Trinajstić information content (AvgIpc) is 3.03. The first-order chi connectivity index (χ1) is 11.6. The summed E-state index contributed by atoms with van der Waals surface area (Å²) < 4.78 is 0. The van der Waals surface area contributed by atoms with E-state index in [1.54, 1.807) is 23.1 Å². The molecular weight excluding hydrogens is 336 g/mol. The quantitative estimate of drug-likeness (QED) is 0.637. The average molecular weight is 354 g/mol. The van der Waals surface area contributed by atoms with E-state index in [-0.39, 0.29) is 11.2 Å². The summed E-state index contributed by atoms with van der Waals surface area (Å²) in [6.07, 6.45) is 0. The van der Waals surface area contributed by atoms with Crippen molar-refractivity contribution in [2.75, 3.05) is 5.32 Å². The first kappa shape index (κ1) is 16.7. The molecule has 122 valence electrons. The van der Waals surface area contributed by atoms with Gasteiger partial charge in [-0.2, -0.15) is 0 Å². The Kier molecular flexibility index (Phi) is 5.33. The van der Waals surface area contributed by atoms with Crippen molar-refractivity contribution in [3.63, 3.8) is 0 Å². The zero-order valence-electron chi connectivity index (χ0n) is 13.5. The van der Waals surface area contributed by atoms with E-state index in [9.17, 15) is 4.79 Å². The summed E-state index contributed by atoms with van der Waals surface area (Å²) in [5.74, 6) is 0.00102. The molecule has 0 spiro atoms. The summed E-state index contributed by atoms with van der Waals surface area (Å²) >= 11 is 3.19. The zero-order valence-corrected chi connectivity index (χ0v) is 15.2. The lowest BCUT2D eigenvalue weighted by Crippen LogP contribution is -2.22. The number of thiazole rings is 1. The molecular formula is C19H18N2OS2. The van der Waals surface area contributed by atoms with Gasteiger partial charge in [0.15, 0.2) is 0 Å². The van der Waals surface area contributed by atoms with Gasteiger partial charge in [0.25, 0.3) is 0 Å². The molecule has 1 aromatic heterocycles. The lowest BCUT2D eigenvalue weighted by molar-refractivity contribution is -0.115. The number of aryl methyl sites for hydroxylation is 1. The lowest BCUT2D eigenvalue weighted by atomic mass is 10.1. The first-order valence-corrected chi connectivity index (χ1v) is 9.43. The molecule has 0 radical (unpaired) electrons. The summed E-state index contributed by atoms with van der Waals surface area (Å²) in [6, 6.07) is 17.8. The van der Waals surface area contributed by atoms with Gasteiger partial charge < -0.3 is 5.32 Å². The number of carbonyl (C=O) groups excluding carboxylic acids is 1. The highest BCUT2D eigenvalue weighted by molar-refractivity contribution is 8.00. The molecule has 3 nitrogen and oxygen atoms in total. The van der Waals surface area contributed by atoms with Crippen molar-refractivity contribution in [2.24, 2.45) is 0 Å². The second kappa shape index (κ2) is 7.64. The van der Waals surface area contributed by atoms with Gasteiger partial charge in [0, 0.05) is 21.5 Å². The number of anilines is 1. The molecule has 3 aromatic rings. The van der Waals surface area contributed by atoms with Crippen LogP contribution in [-0.2, 0) is 4.79 Å². The van der Waals surface area contributed by atoms with E-state index >= 15 is 0 Å². The van der Waals surface area contributed by atoms with Gasteiger partial charge in [0.05, 0.1) is 16.0 Å². The van der Waals surface area contributed by atoms with Crippen LogP contribution in [0, 0.1) is 6.92 Å². The Bertz CT molecular complexity index is 813. The van der Waals surface area contributed by atoms with Crippen molar-refractivity contribution in [1.82, 2.24) is 4.98 Å². The third-order valence-electron chi connectivity index (χ3n) is 3.49. The standard InChI is InChI=1S/C19H18N2OS2/c1-13(24-17-6-4-3-5-7-17)19(22)21-16-10-8-15(9-11-16)18-12-23-14(2)20-18/h3-13H,1-2H3,(H,21,22)/t13-/m0/s1. The van der Waals surface area contributed by atoms with Crippen LogP contribution in [0.2, 0.25) is 0 Å². The molecule has 0 fully saturated rings. The van der Waals surface area contributed by atoms with Gasteiger partial charge >= 0.3 is 0 Å². The van der Waals surface area contributed by atoms with Crippen LogP contribution < -0.4 is 5.32 Å². The van der Waals surface area contributed by atoms with Gasteiger partial charge in [-0.15, -0.1) is 23.1 Å². The van der Waals surface area contributed by atoms with Crippen molar-refractivity contribution in [3.8, 4) is 11.3 Å². The summed E-state index contributed by atoms with van der Waals surface area (Å²) in [4.78, 5) is 17.9. The maximum absolute atomic E-state index is 12.3. The predicted octanol–water partition coefficient (Wildman–Crippen LogP) is 5.24. The van der Waals surface area contributed by atoms with Crippen LogP contribution in [0.5, 0.6) is 0 Å². The molecule has 0 unspecified atom stereocenters. The summed E-state index contributed by atoms with van der Waals surface area (Å²) in [5, 5.41) is 5.90. The van der Waals surface area contributed by atoms with Gasteiger partial charge in [-0.3, -0.25) is 4.79 Å². The normalized spacial score (nSPS) is 11.9. The van der Waals surface area contributed by atoms with Crippen LogP contribution in [-0.4, -0.2) is 16.1 Å². The molecule has 0 saturated carbocycles. The van der Waals surface area contributed by atoms with E-state index in [1.165, 1.54) is 0 Å². The number of carbonyl (C=O) groups is 1. The monoisotopic (exact) mass is 354 g/mol. The number of hydrogen-bond donors (Lipinski definition) is 1. The van der Waals surface area contributed by atoms with E-state index in [4.69, 9.17) is 0 Å². The van der Waals surface area contributed by atoms with Crippen LogP contribution in [0.1, 0.15) is 11.9 Å². The van der Waals surface area contributed by atoms with Crippen LogP contribution >= 0.6 is 23.1 Å². The maximum Gasteiger partial charge on any atom is 0.237 e. The number of rotatable bonds is 5. The first-order valence-electron chi connectivity index (χ1n) is 7.67. The molecule has 1 heterocycles. The van der Waals surface area contributed by atoms with Crippen molar-refractivity contribution in [3.05, 3.63) is 65.0 Å². The molecule has 0 saturated heterocycles. The Morgan fingerprint density at radius 3 is 2.46 bits per heavy atom. The lowest BCUT2D eigenvalue weighted by Gasteiger charge is -2.12. The van der Waals surface area contributed by atoms with Gasteiger partial charge in [0.2, 0.25) is 5.91 Å². The molecule has 0 aliphatic heterocycles. The van der Waals surface area contributed by atoms with Crippen LogP contribution in [0.4, 0.5) is 5.69 Å². The molecule has 2 aromatic carbocycles. The molecule has 0 bridgehead atoms. The molecule has 3 rings (SSSR count). The molecule has 0 aliphatic carbocycles. The van der Waals surface area contributed by atoms with E-state index in [2.05, 4.69) is 10.3 Å². The van der Waals surface area contributed by atoms with Crippen LogP contribution in [0.3, 0.4) is 0 Å². The van der Waals surface area contributed by atoms with Gasteiger partial charge in [-0.1, -0.05) is 30.3 Å². The molecule has 1 amide bonds. The van der Waals surface area contributed by atoms with E-state index < -0.39 is 0 Å². The van der Waals surface area contributed by atoms with Gasteiger partial charge in [-0.05, 0) is 38.1 Å². The van der Waals surface area contributed by atoms with Crippen molar-refractivity contribution in [2.45, 2.75) is 24.0 Å². The fourth-order valence-corrected chi connectivity index (χ4v) is 3.73. The maximum atomic E-state index is 12.3. The van der Waals surface area contributed by atoms with Crippen LogP contribution in [0.15, 0.2) is 64.9 Å². The summed E-state index contributed by atoms with van der Waals surface area (Å²) in [6.45, 7) is 3.91. The van der Waals surface area contributed by atoms with Crippen molar-refractivity contribution < 1.29 is 4.79 Å². The molecule has 1 N–H and O–H groups in total. The topological polar surface area (TPSA) is 42.0 Å². The molecule has 1 atom stereocenters. The second-order valence-corrected chi connectivity index (χ2v) is 7.87. The zero-order chi connectivity index (χ0) is 16.9. The van der Waals surface area contributed by atoms with E-state index in [1.807, 2.05) is 73.8 Å². The van der Waals surface area contributed by atoms with E-state index in [0.717, 1.165) is 26.8 Å². The Balaban J connectivity index is 1.62. The number of nitrogens with one attached hydrogen (secondary N) is 1. The third-order valence-corrected chi connectivity index (χ3v) is 5.38. The third kappa shape index (κ3) is 4.24. The summed E-state index contributed by atoms with van der Waals surface area (Å²) in [7, 11) is 0. The van der Waals surface area contributed by atoms with Gasteiger partial charge in [-0.25, -0.2) is 4.98 Å². The minimum absolute atomic E-state index is 0.00102. The summed E-state index contributed by atoms with van der Waals surface area (Å²) in [5.41, 5.74) is 2.84. The number of aromatic nitrogens is 1. The highest BCUT2D eigenvalue weighted by Crippen LogP contribution is 2.25. The fourth-order valence-electron chi connectivity index (χ4n) is 2.22. The van der Waals surface area contributed by atoms with Gasteiger partial charge in [0.1, 0.15) is 0 Å². The number of nitrogens with zero attached hydrogens (tertiary/aromatic N) is 1. The Morgan fingerprint density at radius 1 is 1.12 bits per heavy atom. The molecule has 24 heavy (non-hydrogen) atoms. The predicted molar refractivity (Wildman–Crippen MR) is 103 cm³/mol.